The quantitative estimate of drug-likeness (QED) is 0.661. The Morgan fingerprint density at radius 3 is 2.10 bits per heavy atom. The Balaban J connectivity index is 0. The molecule has 2 atom stereocenters. The van der Waals surface area contributed by atoms with Crippen LogP contribution in [0, 0.1) is 5.92 Å². The minimum absolute atomic E-state index is 0. The highest BCUT2D eigenvalue weighted by Crippen LogP contribution is 2.09. The minimum Gasteiger partial charge on any atom is -0.396 e. The third kappa shape index (κ3) is 5.03. The number of rotatable bonds is 4. The molecule has 0 aliphatic rings. The molecule has 2 nitrogen and oxygen atoms in total. The lowest BCUT2D eigenvalue weighted by Crippen LogP contribution is -2.26. The van der Waals surface area contributed by atoms with Gasteiger partial charge < -0.3 is 10.8 Å². The van der Waals surface area contributed by atoms with Crippen LogP contribution in [0.2, 0.25) is 0 Å². The molecular formula is C7H18ClNO. The summed E-state index contributed by atoms with van der Waals surface area (Å²) >= 11 is 0. The first kappa shape index (κ1) is 12.8. The van der Waals surface area contributed by atoms with Crippen LogP contribution in [0.1, 0.15) is 26.7 Å². The topological polar surface area (TPSA) is 46.2 Å². The van der Waals surface area contributed by atoms with Crippen LogP contribution in [0.25, 0.3) is 0 Å². The maximum absolute atomic E-state index is 8.56. The normalized spacial score (nSPS) is 15.6. The average Bonchev–Trinajstić information content (AvgIpc) is 1.82. The molecule has 0 amide bonds. The van der Waals surface area contributed by atoms with Crippen molar-refractivity contribution in [3.05, 3.63) is 0 Å². The molecule has 0 aromatic heterocycles. The molecular weight excluding hydrogens is 150 g/mol. The smallest absolute Gasteiger partial charge is 0.0434 e. The minimum atomic E-state index is 0. The number of nitrogens with two attached hydrogens (primary N) is 1. The SMILES string of the molecule is CCC(CCO)C(C)N.Cl. The third-order valence-electron chi connectivity index (χ3n) is 1.77. The average molecular weight is 168 g/mol. The van der Waals surface area contributed by atoms with Crippen molar-refractivity contribution in [1.82, 2.24) is 0 Å². The van der Waals surface area contributed by atoms with Crippen LogP contribution in [0.3, 0.4) is 0 Å². The van der Waals surface area contributed by atoms with E-state index in [4.69, 9.17) is 10.8 Å². The van der Waals surface area contributed by atoms with Gasteiger partial charge in [-0.25, -0.2) is 0 Å². The maximum atomic E-state index is 8.56. The molecule has 0 aromatic carbocycles. The first-order valence-corrected chi connectivity index (χ1v) is 3.58. The van der Waals surface area contributed by atoms with Gasteiger partial charge in [0.25, 0.3) is 0 Å². The lowest BCUT2D eigenvalue weighted by molar-refractivity contribution is 0.242. The van der Waals surface area contributed by atoms with E-state index >= 15 is 0 Å². The van der Waals surface area contributed by atoms with E-state index in [2.05, 4.69) is 6.92 Å². The van der Waals surface area contributed by atoms with E-state index in [1.807, 2.05) is 6.92 Å². The number of halogens is 1. The number of aliphatic hydroxyl groups is 1. The van der Waals surface area contributed by atoms with E-state index < -0.39 is 0 Å². The van der Waals surface area contributed by atoms with Gasteiger partial charge in [-0.15, -0.1) is 12.4 Å². The Morgan fingerprint density at radius 2 is 2.00 bits per heavy atom. The summed E-state index contributed by atoms with van der Waals surface area (Å²) in [6.45, 7) is 4.35. The van der Waals surface area contributed by atoms with E-state index in [1.165, 1.54) is 0 Å². The van der Waals surface area contributed by atoms with Gasteiger partial charge in [-0.3, -0.25) is 0 Å². The van der Waals surface area contributed by atoms with Crippen LogP contribution in [0.5, 0.6) is 0 Å². The van der Waals surface area contributed by atoms with E-state index in [9.17, 15) is 0 Å². The summed E-state index contributed by atoms with van der Waals surface area (Å²) in [6.07, 6.45) is 1.91. The highest BCUT2D eigenvalue weighted by molar-refractivity contribution is 5.85. The number of hydrogen-bond donors (Lipinski definition) is 2. The molecule has 0 fully saturated rings. The monoisotopic (exact) mass is 167 g/mol. The zero-order valence-electron chi connectivity index (χ0n) is 6.71. The molecule has 0 heterocycles. The van der Waals surface area contributed by atoms with Gasteiger partial charge in [0, 0.05) is 12.6 Å². The van der Waals surface area contributed by atoms with Crippen LogP contribution in [-0.4, -0.2) is 17.8 Å². The summed E-state index contributed by atoms with van der Waals surface area (Å²) in [7, 11) is 0. The van der Waals surface area contributed by atoms with Gasteiger partial charge in [-0.2, -0.15) is 0 Å². The number of aliphatic hydroxyl groups excluding tert-OH is 1. The van der Waals surface area contributed by atoms with Gasteiger partial charge in [-0.05, 0) is 19.3 Å². The van der Waals surface area contributed by atoms with Crippen LogP contribution in [0.15, 0.2) is 0 Å². The van der Waals surface area contributed by atoms with Crippen molar-refractivity contribution >= 4 is 12.4 Å². The summed E-state index contributed by atoms with van der Waals surface area (Å²) in [4.78, 5) is 0. The van der Waals surface area contributed by atoms with E-state index in [0.29, 0.717) is 5.92 Å². The molecule has 0 saturated heterocycles. The van der Waals surface area contributed by atoms with Crippen LogP contribution >= 0.6 is 12.4 Å². The predicted molar refractivity (Wildman–Crippen MR) is 46.4 cm³/mol. The summed E-state index contributed by atoms with van der Waals surface area (Å²) in [6, 6.07) is 0.224. The first-order chi connectivity index (χ1) is 4.22. The molecule has 0 aromatic rings. The molecule has 64 valence electrons. The molecule has 0 aliphatic carbocycles. The largest absolute Gasteiger partial charge is 0.396 e. The lowest BCUT2D eigenvalue weighted by atomic mass is 9.96. The number of hydrogen-bond acceptors (Lipinski definition) is 2. The molecule has 10 heavy (non-hydrogen) atoms. The maximum Gasteiger partial charge on any atom is 0.0434 e. The molecule has 0 bridgehead atoms. The second kappa shape index (κ2) is 7.32. The van der Waals surface area contributed by atoms with Crippen molar-refractivity contribution < 1.29 is 5.11 Å². The van der Waals surface area contributed by atoms with Gasteiger partial charge in [0.15, 0.2) is 0 Å². The van der Waals surface area contributed by atoms with Gasteiger partial charge >= 0.3 is 0 Å². The Labute approximate surface area is 69.2 Å². The van der Waals surface area contributed by atoms with Crippen molar-refractivity contribution in [3.8, 4) is 0 Å². The Morgan fingerprint density at radius 1 is 1.50 bits per heavy atom. The van der Waals surface area contributed by atoms with Crippen LogP contribution < -0.4 is 5.73 Å². The van der Waals surface area contributed by atoms with Crippen molar-refractivity contribution in [2.24, 2.45) is 11.7 Å². The highest BCUT2D eigenvalue weighted by Gasteiger charge is 2.09. The zero-order chi connectivity index (χ0) is 7.28. The van der Waals surface area contributed by atoms with Gasteiger partial charge in [0.2, 0.25) is 0 Å². The highest BCUT2D eigenvalue weighted by atomic mass is 35.5. The van der Waals surface area contributed by atoms with Crippen LogP contribution in [-0.2, 0) is 0 Å². The van der Waals surface area contributed by atoms with E-state index in [0.717, 1.165) is 12.8 Å². The fourth-order valence-electron chi connectivity index (χ4n) is 1.00. The lowest BCUT2D eigenvalue weighted by Gasteiger charge is -2.16. The predicted octanol–water partition coefficient (Wildman–Crippen LogP) is 1.16. The molecule has 0 rings (SSSR count). The molecule has 0 spiro atoms. The standard InChI is InChI=1S/C7H17NO.ClH/c1-3-7(4-5-9)6(2)8;/h6-7,9H,3-5,8H2,1-2H3;1H. The van der Waals surface area contributed by atoms with Crippen molar-refractivity contribution in [3.63, 3.8) is 0 Å². The Kier molecular flexibility index (Phi) is 9.40. The first-order valence-electron chi connectivity index (χ1n) is 3.58. The summed E-state index contributed by atoms with van der Waals surface area (Å²) in [5, 5.41) is 8.56. The van der Waals surface area contributed by atoms with E-state index in [1.54, 1.807) is 0 Å². The summed E-state index contributed by atoms with van der Waals surface area (Å²) in [5.41, 5.74) is 5.62. The van der Waals surface area contributed by atoms with E-state index in [-0.39, 0.29) is 25.1 Å². The van der Waals surface area contributed by atoms with Gasteiger partial charge in [0.05, 0.1) is 0 Å². The Hall–Kier alpha value is 0.210. The second-order valence-corrected chi connectivity index (χ2v) is 2.54. The van der Waals surface area contributed by atoms with Gasteiger partial charge in [-0.1, -0.05) is 13.3 Å². The fourth-order valence-corrected chi connectivity index (χ4v) is 1.00. The van der Waals surface area contributed by atoms with Gasteiger partial charge in [0.1, 0.15) is 0 Å². The van der Waals surface area contributed by atoms with Crippen LogP contribution in [0.4, 0.5) is 0 Å². The fraction of sp³-hybridized carbons (Fsp3) is 1.00. The van der Waals surface area contributed by atoms with Crippen molar-refractivity contribution in [1.29, 1.82) is 0 Å². The Bertz CT molecular complexity index is 68.6. The molecule has 2 unspecified atom stereocenters. The summed E-state index contributed by atoms with van der Waals surface area (Å²) < 4.78 is 0. The molecule has 0 saturated carbocycles. The van der Waals surface area contributed by atoms with Crippen molar-refractivity contribution in [2.45, 2.75) is 32.7 Å². The zero-order valence-corrected chi connectivity index (χ0v) is 7.53. The summed E-state index contributed by atoms with van der Waals surface area (Å²) in [5.74, 6) is 0.495. The molecule has 0 radical (unpaired) electrons. The van der Waals surface area contributed by atoms with Crippen molar-refractivity contribution in [2.75, 3.05) is 6.61 Å². The second-order valence-electron chi connectivity index (χ2n) is 2.54. The third-order valence-corrected chi connectivity index (χ3v) is 1.77. The molecule has 3 N–H and O–H groups in total. The molecule has 3 heteroatoms. The molecule has 0 aliphatic heterocycles.